The second-order valence-corrected chi connectivity index (χ2v) is 5.30. The Hall–Kier alpha value is -1.38. The second-order valence-electron chi connectivity index (χ2n) is 5.30. The fraction of sp³-hybridized carbons (Fsp3) is 0.533. The highest BCUT2D eigenvalue weighted by Gasteiger charge is 2.45. The number of benzene rings is 1. The Kier molecular flexibility index (Phi) is 3.69. The van der Waals surface area contributed by atoms with Crippen LogP contribution in [0.25, 0.3) is 0 Å². The largest absolute Gasteiger partial charge is 0.481 e. The molecule has 1 saturated carbocycles. The third-order valence-electron chi connectivity index (χ3n) is 4.14. The number of hydrogen-bond acceptors (Lipinski definition) is 1. The molecule has 1 N–H and O–H groups in total. The van der Waals surface area contributed by atoms with Crippen molar-refractivity contribution in [3.8, 4) is 0 Å². The third-order valence-corrected chi connectivity index (χ3v) is 4.14. The van der Waals surface area contributed by atoms with E-state index in [2.05, 4.69) is 0 Å². The minimum atomic E-state index is -0.719. The van der Waals surface area contributed by atoms with E-state index in [0.717, 1.165) is 12.8 Å². The van der Waals surface area contributed by atoms with Crippen molar-refractivity contribution in [3.05, 3.63) is 35.6 Å². The Balaban J connectivity index is 2.21. The van der Waals surface area contributed by atoms with E-state index < -0.39 is 11.4 Å². The summed E-state index contributed by atoms with van der Waals surface area (Å²) in [6.45, 7) is 2.00. The van der Waals surface area contributed by atoms with Crippen molar-refractivity contribution >= 4 is 5.97 Å². The van der Waals surface area contributed by atoms with Gasteiger partial charge < -0.3 is 5.11 Å². The van der Waals surface area contributed by atoms with E-state index in [1.54, 1.807) is 12.1 Å². The summed E-state index contributed by atoms with van der Waals surface area (Å²) in [6, 6.07) is 6.73. The van der Waals surface area contributed by atoms with Crippen LogP contribution in [-0.2, 0) is 4.79 Å². The first-order chi connectivity index (χ1) is 8.59. The van der Waals surface area contributed by atoms with Gasteiger partial charge in [-0.05, 0) is 43.2 Å². The second kappa shape index (κ2) is 5.09. The summed E-state index contributed by atoms with van der Waals surface area (Å²) in [5.74, 6) is -0.878. The van der Waals surface area contributed by atoms with Gasteiger partial charge in [-0.1, -0.05) is 31.5 Å². The zero-order valence-corrected chi connectivity index (χ0v) is 10.7. The van der Waals surface area contributed by atoms with Crippen LogP contribution in [0.15, 0.2) is 24.3 Å². The Morgan fingerprint density at radius 1 is 1.50 bits per heavy atom. The summed E-state index contributed by atoms with van der Waals surface area (Å²) in [4.78, 5) is 11.5. The molecule has 0 aromatic heterocycles. The number of carboxylic acid groups (broad SMARTS) is 1. The molecule has 1 aromatic rings. The van der Waals surface area contributed by atoms with Crippen molar-refractivity contribution in [1.29, 1.82) is 0 Å². The summed E-state index contributed by atoms with van der Waals surface area (Å²) in [5, 5.41) is 9.44. The SMILES string of the molecule is CCC[C@@]1(C(=O)O)CC[C@H](c2ccccc2F)C1. The van der Waals surface area contributed by atoms with Crippen molar-refractivity contribution in [1.82, 2.24) is 0 Å². The summed E-state index contributed by atoms with van der Waals surface area (Å²) in [7, 11) is 0. The molecule has 98 valence electrons. The van der Waals surface area contributed by atoms with E-state index in [-0.39, 0.29) is 11.7 Å². The number of carbonyl (C=O) groups is 1. The number of rotatable bonds is 4. The molecule has 0 aliphatic heterocycles. The number of aliphatic carboxylic acids is 1. The molecule has 0 unspecified atom stereocenters. The molecule has 1 fully saturated rings. The van der Waals surface area contributed by atoms with Crippen molar-refractivity contribution < 1.29 is 14.3 Å². The lowest BCUT2D eigenvalue weighted by Crippen LogP contribution is -2.27. The van der Waals surface area contributed by atoms with Crippen LogP contribution in [0.3, 0.4) is 0 Å². The highest BCUT2D eigenvalue weighted by atomic mass is 19.1. The van der Waals surface area contributed by atoms with Gasteiger partial charge in [0.1, 0.15) is 5.82 Å². The maximum atomic E-state index is 13.7. The maximum absolute atomic E-state index is 13.7. The normalized spacial score (nSPS) is 27.3. The Labute approximate surface area is 107 Å². The molecule has 1 aliphatic carbocycles. The van der Waals surface area contributed by atoms with Gasteiger partial charge in [0.2, 0.25) is 0 Å². The van der Waals surface area contributed by atoms with Gasteiger partial charge in [0.25, 0.3) is 0 Å². The van der Waals surface area contributed by atoms with E-state index in [0.29, 0.717) is 24.8 Å². The van der Waals surface area contributed by atoms with Crippen LogP contribution >= 0.6 is 0 Å². The van der Waals surface area contributed by atoms with Crippen LogP contribution in [0.5, 0.6) is 0 Å². The van der Waals surface area contributed by atoms with E-state index in [1.807, 2.05) is 13.0 Å². The first kappa shape index (κ1) is 13.1. The van der Waals surface area contributed by atoms with Gasteiger partial charge in [-0.15, -0.1) is 0 Å². The predicted octanol–water partition coefficient (Wildman–Crippen LogP) is 3.96. The van der Waals surface area contributed by atoms with E-state index in [4.69, 9.17) is 0 Å². The van der Waals surface area contributed by atoms with Crippen molar-refractivity contribution in [2.24, 2.45) is 5.41 Å². The van der Waals surface area contributed by atoms with Crippen LogP contribution in [-0.4, -0.2) is 11.1 Å². The molecule has 3 heteroatoms. The molecule has 2 nitrogen and oxygen atoms in total. The fourth-order valence-electron chi connectivity index (χ4n) is 3.20. The van der Waals surface area contributed by atoms with E-state index >= 15 is 0 Å². The average Bonchev–Trinajstić information content (AvgIpc) is 2.76. The lowest BCUT2D eigenvalue weighted by molar-refractivity contribution is -0.149. The van der Waals surface area contributed by atoms with Crippen LogP contribution in [0, 0.1) is 11.2 Å². The molecular weight excluding hydrogens is 231 g/mol. The smallest absolute Gasteiger partial charge is 0.309 e. The van der Waals surface area contributed by atoms with E-state index in [9.17, 15) is 14.3 Å². The third kappa shape index (κ3) is 2.26. The highest BCUT2D eigenvalue weighted by molar-refractivity contribution is 5.75. The van der Waals surface area contributed by atoms with Crippen molar-refractivity contribution in [2.45, 2.75) is 44.9 Å². The van der Waals surface area contributed by atoms with Gasteiger partial charge in [0.15, 0.2) is 0 Å². The van der Waals surface area contributed by atoms with Gasteiger partial charge in [-0.2, -0.15) is 0 Å². The van der Waals surface area contributed by atoms with Crippen LogP contribution < -0.4 is 0 Å². The molecule has 0 saturated heterocycles. The van der Waals surface area contributed by atoms with Gasteiger partial charge >= 0.3 is 5.97 Å². The summed E-state index contributed by atoms with van der Waals surface area (Å²) in [6.07, 6.45) is 3.54. The maximum Gasteiger partial charge on any atom is 0.309 e. The first-order valence-electron chi connectivity index (χ1n) is 6.57. The summed E-state index contributed by atoms with van der Waals surface area (Å²) < 4.78 is 13.7. The van der Waals surface area contributed by atoms with Crippen molar-refractivity contribution in [3.63, 3.8) is 0 Å². The quantitative estimate of drug-likeness (QED) is 0.878. The number of halogens is 1. The molecule has 18 heavy (non-hydrogen) atoms. The minimum Gasteiger partial charge on any atom is -0.481 e. The molecular formula is C15H19FO2. The Morgan fingerprint density at radius 2 is 2.22 bits per heavy atom. The molecule has 2 atom stereocenters. The minimum absolute atomic E-state index is 0.0499. The lowest BCUT2D eigenvalue weighted by Gasteiger charge is -2.23. The monoisotopic (exact) mass is 250 g/mol. The first-order valence-corrected chi connectivity index (χ1v) is 6.57. The Morgan fingerprint density at radius 3 is 2.83 bits per heavy atom. The van der Waals surface area contributed by atoms with Crippen LogP contribution in [0.4, 0.5) is 4.39 Å². The molecule has 1 aliphatic rings. The van der Waals surface area contributed by atoms with Crippen molar-refractivity contribution in [2.75, 3.05) is 0 Å². The van der Waals surface area contributed by atoms with E-state index in [1.165, 1.54) is 6.07 Å². The molecule has 0 amide bonds. The lowest BCUT2D eigenvalue weighted by atomic mass is 9.80. The molecule has 0 radical (unpaired) electrons. The standard InChI is InChI=1S/C15H19FO2/c1-2-8-15(14(17)18)9-7-11(10-15)12-5-3-4-6-13(12)16/h3-6,11H,2,7-10H2,1H3,(H,17,18)/t11-,15+/m0/s1. The molecule has 0 spiro atoms. The van der Waals surface area contributed by atoms with Gasteiger partial charge in [0.05, 0.1) is 5.41 Å². The molecule has 0 bridgehead atoms. The zero-order valence-electron chi connectivity index (χ0n) is 10.7. The molecule has 0 heterocycles. The van der Waals surface area contributed by atoms with Crippen LogP contribution in [0.2, 0.25) is 0 Å². The van der Waals surface area contributed by atoms with Crippen LogP contribution in [0.1, 0.15) is 50.5 Å². The number of carboxylic acids is 1. The molecule has 1 aromatic carbocycles. The zero-order chi connectivity index (χ0) is 13.2. The topological polar surface area (TPSA) is 37.3 Å². The van der Waals surface area contributed by atoms with Gasteiger partial charge in [-0.3, -0.25) is 4.79 Å². The fourth-order valence-corrected chi connectivity index (χ4v) is 3.20. The summed E-state index contributed by atoms with van der Waals surface area (Å²) in [5.41, 5.74) is 0.0403. The Bertz CT molecular complexity index is 444. The predicted molar refractivity (Wildman–Crippen MR) is 68.0 cm³/mol. The van der Waals surface area contributed by atoms with Gasteiger partial charge in [0, 0.05) is 0 Å². The molecule has 2 rings (SSSR count). The summed E-state index contributed by atoms with van der Waals surface area (Å²) >= 11 is 0. The number of hydrogen-bond donors (Lipinski definition) is 1. The van der Waals surface area contributed by atoms with Gasteiger partial charge in [-0.25, -0.2) is 4.39 Å². The highest BCUT2D eigenvalue weighted by Crippen LogP contribution is 2.49. The average molecular weight is 250 g/mol.